The molecule has 1 amide bonds. The van der Waals surface area contributed by atoms with Crippen LogP contribution < -0.4 is 5.32 Å². The number of hydrogen-bond acceptors (Lipinski definition) is 6. The average molecular weight is 331 g/mol. The molecule has 1 aromatic carbocycles. The number of nitrogens with zero attached hydrogens (tertiary/aromatic N) is 2. The lowest BCUT2D eigenvalue weighted by molar-refractivity contribution is -0.116. The van der Waals surface area contributed by atoms with E-state index in [-0.39, 0.29) is 29.3 Å². The maximum atomic E-state index is 12.1. The van der Waals surface area contributed by atoms with Crippen molar-refractivity contribution in [3.63, 3.8) is 0 Å². The summed E-state index contributed by atoms with van der Waals surface area (Å²) < 4.78 is 10.8. The first-order valence-electron chi connectivity index (χ1n) is 7.04. The lowest BCUT2D eigenvalue weighted by Gasteiger charge is -2.09. The van der Waals surface area contributed by atoms with E-state index in [0.29, 0.717) is 0 Å². The van der Waals surface area contributed by atoms with Crippen LogP contribution in [0.1, 0.15) is 26.4 Å². The van der Waals surface area contributed by atoms with Gasteiger partial charge in [0, 0.05) is 11.9 Å². The van der Waals surface area contributed by atoms with Crippen LogP contribution >= 0.6 is 0 Å². The van der Waals surface area contributed by atoms with Gasteiger partial charge in [-0.05, 0) is 31.2 Å². The predicted molar refractivity (Wildman–Crippen MR) is 84.7 cm³/mol. The molecule has 1 aromatic heterocycles. The number of benzene rings is 1. The smallest absolute Gasteiger partial charge is 0.337 e. The summed E-state index contributed by atoms with van der Waals surface area (Å²) in [5.74, 6) is -1.60. The number of methoxy groups -OCH3 is 2. The van der Waals surface area contributed by atoms with Gasteiger partial charge >= 0.3 is 11.9 Å². The molecule has 2 rings (SSSR count). The van der Waals surface area contributed by atoms with Crippen LogP contribution in [0.15, 0.2) is 30.5 Å². The normalized spacial score (nSPS) is 10.1. The Morgan fingerprint density at radius 3 is 2.12 bits per heavy atom. The summed E-state index contributed by atoms with van der Waals surface area (Å²) >= 11 is 0. The number of anilines is 1. The largest absolute Gasteiger partial charge is 0.465 e. The number of aryl methyl sites for hydroxylation is 1. The Bertz CT molecular complexity index is 748. The Morgan fingerprint density at radius 2 is 1.67 bits per heavy atom. The van der Waals surface area contributed by atoms with Crippen LogP contribution in [-0.2, 0) is 20.8 Å². The molecule has 0 fully saturated rings. The molecular weight excluding hydrogens is 314 g/mol. The zero-order valence-electron chi connectivity index (χ0n) is 13.5. The molecule has 8 nitrogen and oxygen atoms in total. The summed E-state index contributed by atoms with van der Waals surface area (Å²) in [7, 11) is 2.46. The molecule has 0 bridgehead atoms. The number of carbonyl (C=O) groups excluding carboxylic acids is 3. The van der Waals surface area contributed by atoms with Crippen molar-refractivity contribution in [1.82, 2.24) is 9.78 Å². The van der Waals surface area contributed by atoms with Crippen LogP contribution in [-0.4, -0.2) is 41.8 Å². The van der Waals surface area contributed by atoms with Crippen LogP contribution in [0.4, 0.5) is 5.69 Å². The van der Waals surface area contributed by atoms with Crippen molar-refractivity contribution in [3.8, 4) is 0 Å². The molecule has 0 unspecified atom stereocenters. The number of hydrogen-bond donors (Lipinski definition) is 1. The zero-order valence-corrected chi connectivity index (χ0v) is 13.5. The Labute approximate surface area is 138 Å². The molecule has 24 heavy (non-hydrogen) atoms. The SMILES string of the molecule is COC(=O)c1cc(NC(=O)Cn2ccc(C)n2)cc(C(=O)OC)c1. The number of rotatable bonds is 5. The van der Waals surface area contributed by atoms with Crippen LogP contribution in [0.5, 0.6) is 0 Å². The fraction of sp³-hybridized carbons (Fsp3) is 0.250. The Hall–Kier alpha value is -3.16. The van der Waals surface area contributed by atoms with Crippen LogP contribution in [0, 0.1) is 6.92 Å². The summed E-state index contributed by atoms with van der Waals surface area (Å²) in [6.07, 6.45) is 1.68. The molecule has 8 heteroatoms. The number of amides is 1. The molecule has 2 aromatic rings. The van der Waals surface area contributed by atoms with E-state index >= 15 is 0 Å². The van der Waals surface area contributed by atoms with Crippen LogP contribution in [0.25, 0.3) is 0 Å². The molecule has 0 aliphatic carbocycles. The molecule has 0 spiro atoms. The minimum absolute atomic E-state index is 0.00382. The topological polar surface area (TPSA) is 99.5 Å². The van der Waals surface area contributed by atoms with Gasteiger partial charge in [-0.15, -0.1) is 0 Å². The first kappa shape index (κ1) is 17.2. The predicted octanol–water partition coefficient (Wildman–Crippen LogP) is 1.40. The first-order valence-corrected chi connectivity index (χ1v) is 7.04. The van der Waals surface area contributed by atoms with E-state index in [1.807, 2.05) is 6.92 Å². The average Bonchev–Trinajstić information content (AvgIpc) is 2.97. The third-order valence-electron chi connectivity index (χ3n) is 3.14. The monoisotopic (exact) mass is 331 g/mol. The minimum atomic E-state index is -0.626. The van der Waals surface area contributed by atoms with Gasteiger partial charge in [-0.3, -0.25) is 9.48 Å². The van der Waals surface area contributed by atoms with Gasteiger partial charge in [0.1, 0.15) is 6.54 Å². The summed E-state index contributed by atoms with van der Waals surface area (Å²) in [6, 6.07) is 5.96. The molecule has 126 valence electrons. The maximum Gasteiger partial charge on any atom is 0.337 e. The van der Waals surface area contributed by atoms with Gasteiger partial charge in [-0.25, -0.2) is 9.59 Å². The zero-order chi connectivity index (χ0) is 17.7. The highest BCUT2D eigenvalue weighted by atomic mass is 16.5. The molecule has 0 atom stereocenters. The van der Waals surface area contributed by atoms with Crippen molar-refractivity contribution in [1.29, 1.82) is 0 Å². The highest BCUT2D eigenvalue weighted by Gasteiger charge is 2.15. The standard InChI is InChI=1S/C16H17N3O5/c1-10-4-5-19(18-10)9-14(20)17-13-7-11(15(21)23-2)6-12(8-13)16(22)24-3/h4-8H,9H2,1-3H3,(H,17,20). The second-order valence-corrected chi connectivity index (χ2v) is 4.99. The van der Waals surface area contributed by atoms with Crippen molar-refractivity contribution >= 4 is 23.5 Å². The lowest BCUT2D eigenvalue weighted by Crippen LogP contribution is -2.20. The van der Waals surface area contributed by atoms with Crippen molar-refractivity contribution in [2.45, 2.75) is 13.5 Å². The molecular formula is C16H17N3O5. The van der Waals surface area contributed by atoms with E-state index in [9.17, 15) is 14.4 Å². The number of carbonyl (C=O) groups is 3. The molecule has 1 heterocycles. The van der Waals surface area contributed by atoms with Crippen molar-refractivity contribution < 1.29 is 23.9 Å². The van der Waals surface area contributed by atoms with Crippen molar-refractivity contribution in [2.75, 3.05) is 19.5 Å². The summed E-state index contributed by atoms with van der Waals surface area (Å²) in [5, 5.41) is 6.74. The Kier molecular flexibility index (Phi) is 5.31. The molecule has 0 aliphatic rings. The van der Waals surface area contributed by atoms with E-state index in [0.717, 1.165) is 5.69 Å². The number of nitrogens with one attached hydrogen (secondary N) is 1. The molecule has 1 N–H and O–H groups in total. The van der Waals surface area contributed by atoms with Gasteiger partial charge in [0.2, 0.25) is 5.91 Å². The summed E-state index contributed by atoms with van der Waals surface area (Å²) in [4.78, 5) is 35.5. The number of ether oxygens (including phenoxy) is 2. The second kappa shape index (κ2) is 7.40. The van der Waals surface area contributed by atoms with Gasteiger partial charge in [0.25, 0.3) is 0 Å². The highest BCUT2D eigenvalue weighted by molar-refractivity contribution is 5.99. The molecule has 0 saturated carbocycles. The van der Waals surface area contributed by atoms with Crippen molar-refractivity contribution in [2.24, 2.45) is 0 Å². The Balaban J connectivity index is 2.22. The van der Waals surface area contributed by atoms with Crippen LogP contribution in [0.2, 0.25) is 0 Å². The fourth-order valence-corrected chi connectivity index (χ4v) is 2.07. The minimum Gasteiger partial charge on any atom is -0.465 e. The van der Waals surface area contributed by atoms with E-state index < -0.39 is 11.9 Å². The Morgan fingerprint density at radius 1 is 1.08 bits per heavy atom. The van der Waals surface area contributed by atoms with E-state index in [2.05, 4.69) is 19.9 Å². The van der Waals surface area contributed by atoms with E-state index in [4.69, 9.17) is 0 Å². The second-order valence-electron chi connectivity index (χ2n) is 4.99. The van der Waals surface area contributed by atoms with Gasteiger partial charge in [0.05, 0.1) is 31.0 Å². The summed E-state index contributed by atoms with van der Waals surface area (Å²) in [6.45, 7) is 1.82. The number of esters is 2. The third-order valence-corrected chi connectivity index (χ3v) is 3.14. The van der Waals surface area contributed by atoms with E-state index in [1.165, 1.54) is 37.1 Å². The van der Waals surface area contributed by atoms with Crippen LogP contribution in [0.3, 0.4) is 0 Å². The number of aromatic nitrogens is 2. The van der Waals surface area contributed by atoms with Gasteiger partial charge in [-0.1, -0.05) is 0 Å². The quantitative estimate of drug-likeness (QED) is 0.832. The van der Waals surface area contributed by atoms with Crippen molar-refractivity contribution in [3.05, 3.63) is 47.3 Å². The van der Waals surface area contributed by atoms with Gasteiger partial charge in [0.15, 0.2) is 0 Å². The first-order chi connectivity index (χ1) is 11.4. The fourth-order valence-electron chi connectivity index (χ4n) is 2.07. The maximum absolute atomic E-state index is 12.1. The molecule has 0 aliphatic heterocycles. The summed E-state index contributed by atoms with van der Waals surface area (Å²) in [5.41, 5.74) is 1.34. The van der Waals surface area contributed by atoms with E-state index in [1.54, 1.807) is 12.3 Å². The lowest BCUT2D eigenvalue weighted by atomic mass is 10.1. The van der Waals surface area contributed by atoms with Gasteiger partial charge < -0.3 is 14.8 Å². The molecule has 0 radical (unpaired) electrons. The highest BCUT2D eigenvalue weighted by Crippen LogP contribution is 2.17. The third kappa shape index (κ3) is 4.19. The van der Waals surface area contributed by atoms with Gasteiger partial charge in [-0.2, -0.15) is 5.10 Å². The molecule has 0 saturated heterocycles.